The lowest BCUT2D eigenvalue weighted by Gasteiger charge is -2.37. The highest BCUT2D eigenvalue weighted by Gasteiger charge is 2.28. The fourth-order valence-corrected chi connectivity index (χ4v) is 2.94. The number of rotatable bonds is 7. The Labute approximate surface area is 108 Å². The first-order valence-electron chi connectivity index (χ1n) is 7.69. The van der Waals surface area contributed by atoms with Gasteiger partial charge in [-0.3, -0.25) is 0 Å². The van der Waals surface area contributed by atoms with E-state index in [2.05, 4.69) is 31.0 Å². The van der Waals surface area contributed by atoms with Gasteiger partial charge in [-0.2, -0.15) is 0 Å². The summed E-state index contributed by atoms with van der Waals surface area (Å²) >= 11 is 0. The Morgan fingerprint density at radius 1 is 0.941 bits per heavy atom. The van der Waals surface area contributed by atoms with E-state index in [-0.39, 0.29) is 0 Å². The summed E-state index contributed by atoms with van der Waals surface area (Å²) in [5.41, 5.74) is 0.500. The summed E-state index contributed by atoms with van der Waals surface area (Å²) < 4.78 is 0. The van der Waals surface area contributed by atoms with E-state index in [0.717, 1.165) is 6.54 Å². The molecule has 0 bridgehead atoms. The van der Waals surface area contributed by atoms with Crippen LogP contribution >= 0.6 is 0 Å². The first kappa shape index (κ1) is 15.0. The number of hydrogen-bond acceptors (Lipinski definition) is 2. The second-order valence-corrected chi connectivity index (χ2v) is 5.68. The van der Waals surface area contributed by atoms with Crippen molar-refractivity contribution in [3.05, 3.63) is 0 Å². The van der Waals surface area contributed by atoms with Crippen LogP contribution in [0.2, 0.25) is 0 Å². The van der Waals surface area contributed by atoms with Gasteiger partial charge >= 0.3 is 0 Å². The van der Waals surface area contributed by atoms with Crippen LogP contribution in [-0.2, 0) is 0 Å². The van der Waals surface area contributed by atoms with E-state index in [1.807, 2.05) is 0 Å². The Kier molecular flexibility index (Phi) is 7.14. The smallest absolute Gasteiger partial charge is 0.00499 e. The molecule has 0 aromatic rings. The van der Waals surface area contributed by atoms with E-state index >= 15 is 0 Å². The SMILES string of the molecule is CCNCC(CC)(CC)CN1CCCCCC1. The third-order valence-corrected chi connectivity index (χ3v) is 4.51. The van der Waals surface area contributed by atoms with Crippen molar-refractivity contribution < 1.29 is 0 Å². The van der Waals surface area contributed by atoms with Crippen molar-refractivity contribution in [2.24, 2.45) is 5.41 Å². The minimum Gasteiger partial charge on any atom is -0.316 e. The largest absolute Gasteiger partial charge is 0.316 e. The lowest BCUT2D eigenvalue weighted by Crippen LogP contribution is -2.44. The van der Waals surface area contributed by atoms with Gasteiger partial charge in [0.2, 0.25) is 0 Å². The zero-order chi connectivity index (χ0) is 12.6. The van der Waals surface area contributed by atoms with Crippen LogP contribution in [-0.4, -0.2) is 37.6 Å². The van der Waals surface area contributed by atoms with Gasteiger partial charge in [0.25, 0.3) is 0 Å². The van der Waals surface area contributed by atoms with Gasteiger partial charge in [-0.1, -0.05) is 33.6 Å². The Bertz CT molecular complexity index is 179. The maximum Gasteiger partial charge on any atom is 0.00499 e. The first-order chi connectivity index (χ1) is 8.26. The monoisotopic (exact) mass is 240 g/mol. The number of hydrogen-bond donors (Lipinski definition) is 1. The predicted molar refractivity (Wildman–Crippen MR) is 76.5 cm³/mol. The van der Waals surface area contributed by atoms with Crippen LogP contribution in [0.5, 0.6) is 0 Å². The molecule has 1 rings (SSSR count). The molecule has 1 aliphatic rings. The van der Waals surface area contributed by atoms with Crippen molar-refractivity contribution in [3.63, 3.8) is 0 Å². The van der Waals surface area contributed by atoms with Crippen molar-refractivity contribution in [3.8, 4) is 0 Å². The van der Waals surface area contributed by atoms with Gasteiger partial charge < -0.3 is 10.2 Å². The van der Waals surface area contributed by atoms with E-state index in [9.17, 15) is 0 Å². The molecule has 0 aliphatic carbocycles. The third-order valence-electron chi connectivity index (χ3n) is 4.51. The zero-order valence-corrected chi connectivity index (χ0v) is 12.2. The molecule has 1 saturated heterocycles. The van der Waals surface area contributed by atoms with Gasteiger partial charge in [0, 0.05) is 13.1 Å². The summed E-state index contributed by atoms with van der Waals surface area (Å²) in [6, 6.07) is 0. The molecule has 0 amide bonds. The molecular formula is C15H32N2. The Balaban J connectivity index is 2.50. The third kappa shape index (κ3) is 4.97. The molecule has 1 heterocycles. The summed E-state index contributed by atoms with van der Waals surface area (Å²) in [5, 5.41) is 3.57. The molecular weight excluding hydrogens is 208 g/mol. The Hall–Kier alpha value is -0.0800. The van der Waals surface area contributed by atoms with E-state index in [1.165, 1.54) is 64.7 Å². The molecule has 1 aliphatic heterocycles. The lowest BCUT2D eigenvalue weighted by molar-refractivity contribution is 0.138. The lowest BCUT2D eigenvalue weighted by atomic mass is 9.81. The van der Waals surface area contributed by atoms with Crippen LogP contribution in [0, 0.1) is 5.41 Å². The van der Waals surface area contributed by atoms with E-state index in [0.29, 0.717) is 5.41 Å². The van der Waals surface area contributed by atoms with Gasteiger partial charge in [-0.25, -0.2) is 0 Å². The summed E-state index contributed by atoms with van der Waals surface area (Å²) in [6.45, 7) is 13.2. The van der Waals surface area contributed by atoms with Gasteiger partial charge in [0.05, 0.1) is 0 Å². The molecule has 102 valence electrons. The molecule has 0 aromatic carbocycles. The standard InChI is InChI=1S/C15H32N2/c1-4-15(5-2,13-16-6-3)14-17-11-9-7-8-10-12-17/h16H,4-14H2,1-3H3. The van der Waals surface area contributed by atoms with E-state index in [4.69, 9.17) is 0 Å². The van der Waals surface area contributed by atoms with Crippen molar-refractivity contribution in [1.29, 1.82) is 0 Å². The number of nitrogens with one attached hydrogen (secondary N) is 1. The van der Waals surface area contributed by atoms with Gasteiger partial charge in [-0.05, 0) is 50.7 Å². The van der Waals surface area contributed by atoms with E-state index < -0.39 is 0 Å². The number of likely N-dealkylation sites (tertiary alicyclic amines) is 1. The van der Waals surface area contributed by atoms with Crippen LogP contribution in [0.3, 0.4) is 0 Å². The molecule has 0 aromatic heterocycles. The molecule has 1 fully saturated rings. The molecule has 1 N–H and O–H groups in total. The van der Waals surface area contributed by atoms with Crippen molar-refractivity contribution >= 4 is 0 Å². The summed E-state index contributed by atoms with van der Waals surface area (Å²) in [5.74, 6) is 0. The first-order valence-corrected chi connectivity index (χ1v) is 7.69. The number of nitrogens with zero attached hydrogens (tertiary/aromatic N) is 1. The zero-order valence-electron chi connectivity index (χ0n) is 12.2. The average Bonchev–Trinajstić information content (AvgIpc) is 2.63. The second-order valence-electron chi connectivity index (χ2n) is 5.68. The Morgan fingerprint density at radius 3 is 2.00 bits per heavy atom. The normalized spacial score (nSPS) is 19.2. The van der Waals surface area contributed by atoms with Crippen LogP contribution in [0.15, 0.2) is 0 Å². The van der Waals surface area contributed by atoms with Gasteiger partial charge in [-0.15, -0.1) is 0 Å². The van der Waals surface area contributed by atoms with Crippen LogP contribution in [0.25, 0.3) is 0 Å². The summed E-state index contributed by atoms with van der Waals surface area (Å²) in [6.07, 6.45) is 8.29. The predicted octanol–water partition coefficient (Wildman–Crippen LogP) is 3.28. The van der Waals surface area contributed by atoms with Crippen molar-refractivity contribution in [2.75, 3.05) is 32.7 Å². The second kappa shape index (κ2) is 8.10. The van der Waals surface area contributed by atoms with Crippen LogP contribution in [0.4, 0.5) is 0 Å². The van der Waals surface area contributed by atoms with Crippen molar-refractivity contribution in [2.45, 2.75) is 59.3 Å². The quantitative estimate of drug-likeness (QED) is 0.734. The highest BCUT2D eigenvalue weighted by atomic mass is 15.1. The molecule has 0 unspecified atom stereocenters. The minimum absolute atomic E-state index is 0.500. The minimum atomic E-state index is 0.500. The summed E-state index contributed by atoms with van der Waals surface area (Å²) in [7, 11) is 0. The van der Waals surface area contributed by atoms with Crippen molar-refractivity contribution in [1.82, 2.24) is 10.2 Å². The maximum absolute atomic E-state index is 3.57. The highest BCUT2D eigenvalue weighted by Crippen LogP contribution is 2.28. The highest BCUT2D eigenvalue weighted by molar-refractivity contribution is 4.83. The molecule has 0 spiro atoms. The van der Waals surface area contributed by atoms with Gasteiger partial charge in [0.15, 0.2) is 0 Å². The Morgan fingerprint density at radius 2 is 1.53 bits per heavy atom. The van der Waals surface area contributed by atoms with Gasteiger partial charge in [0.1, 0.15) is 0 Å². The molecule has 17 heavy (non-hydrogen) atoms. The molecule has 2 heteroatoms. The molecule has 0 radical (unpaired) electrons. The molecule has 2 nitrogen and oxygen atoms in total. The molecule has 0 saturated carbocycles. The maximum atomic E-state index is 3.57. The summed E-state index contributed by atoms with van der Waals surface area (Å²) in [4.78, 5) is 2.72. The van der Waals surface area contributed by atoms with Crippen LogP contribution in [0.1, 0.15) is 59.3 Å². The molecule has 0 atom stereocenters. The topological polar surface area (TPSA) is 15.3 Å². The van der Waals surface area contributed by atoms with E-state index in [1.54, 1.807) is 0 Å². The van der Waals surface area contributed by atoms with Crippen LogP contribution < -0.4 is 5.32 Å². The fraction of sp³-hybridized carbons (Fsp3) is 1.00. The average molecular weight is 240 g/mol. The fourth-order valence-electron chi connectivity index (χ4n) is 2.94.